The van der Waals surface area contributed by atoms with Crippen molar-refractivity contribution in [2.45, 2.75) is 12.5 Å². The Bertz CT molecular complexity index is 451. The summed E-state index contributed by atoms with van der Waals surface area (Å²) < 4.78 is 15.9. The number of hydrogen-bond acceptors (Lipinski definition) is 5. The summed E-state index contributed by atoms with van der Waals surface area (Å²) >= 11 is 3.35. The highest BCUT2D eigenvalue weighted by Gasteiger charge is 2.22. The SMILES string of the molecule is COCCC(N)C(=O)c1ccc(OC)c(Br)c1OC. The average molecular weight is 332 g/mol. The second-order valence-electron chi connectivity index (χ2n) is 3.91. The number of ketones is 1. The summed E-state index contributed by atoms with van der Waals surface area (Å²) in [7, 11) is 4.62. The highest BCUT2D eigenvalue weighted by molar-refractivity contribution is 9.10. The fourth-order valence-corrected chi connectivity index (χ4v) is 2.33. The van der Waals surface area contributed by atoms with Crippen LogP contribution >= 0.6 is 15.9 Å². The van der Waals surface area contributed by atoms with E-state index in [1.165, 1.54) is 7.11 Å². The number of methoxy groups -OCH3 is 3. The van der Waals surface area contributed by atoms with Crippen molar-refractivity contribution in [3.63, 3.8) is 0 Å². The number of hydrogen-bond donors (Lipinski definition) is 1. The molecule has 0 aliphatic heterocycles. The van der Waals surface area contributed by atoms with Gasteiger partial charge in [-0.05, 0) is 34.5 Å². The van der Waals surface area contributed by atoms with Gasteiger partial charge in [0, 0.05) is 13.7 Å². The minimum absolute atomic E-state index is 0.183. The number of nitrogens with two attached hydrogens (primary N) is 1. The van der Waals surface area contributed by atoms with Crippen LogP contribution in [0.5, 0.6) is 11.5 Å². The number of halogens is 1. The molecule has 0 radical (unpaired) electrons. The summed E-state index contributed by atoms with van der Waals surface area (Å²) in [5.41, 5.74) is 6.28. The van der Waals surface area contributed by atoms with Gasteiger partial charge in [0.2, 0.25) is 0 Å². The van der Waals surface area contributed by atoms with Crippen molar-refractivity contribution in [3.8, 4) is 11.5 Å². The number of carbonyl (C=O) groups excluding carboxylic acids is 1. The van der Waals surface area contributed by atoms with Crippen LogP contribution in [0.15, 0.2) is 16.6 Å². The topological polar surface area (TPSA) is 70.8 Å². The van der Waals surface area contributed by atoms with Crippen LogP contribution in [0.25, 0.3) is 0 Å². The van der Waals surface area contributed by atoms with Crippen molar-refractivity contribution in [2.24, 2.45) is 5.73 Å². The molecule has 1 aromatic carbocycles. The lowest BCUT2D eigenvalue weighted by molar-refractivity contribution is 0.0932. The van der Waals surface area contributed by atoms with Crippen LogP contribution in [0.4, 0.5) is 0 Å². The Kier molecular flexibility index (Phi) is 6.27. The average Bonchev–Trinajstić information content (AvgIpc) is 2.43. The number of rotatable bonds is 7. The predicted octanol–water partition coefficient (Wildman–Crippen LogP) is 2.01. The van der Waals surface area contributed by atoms with E-state index < -0.39 is 6.04 Å². The summed E-state index contributed by atoms with van der Waals surface area (Å²) in [6.45, 7) is 0.437. The van der Waals surface area contributed by atoms with Gasteiger partial charge in [0.05, 0.1) is 25.8 Å². The Morgan fingerprint density at radius 3 is 2.53 bits per heavy atom. The van der Waals surface area contributed by atoms with Crippen molar-refractivity contribution >= 4 is 21.7 Å². The number of ether oxygens (including phenoxy) is 3. The molecule has 19 heavy (non-hydrogen) atoms. The molecule has 0 saturated heterocycles. The van der Waals surface area contributed by atoms with E-state index in [0.29, 0.717) is 34.6 Å². The first kappa shape index (κ1) is 15.9. The molecule has 106 valence electrons. The van der Waals surface area contributed by atoms with Gasteiger partial charge < -0.3 is 19.9 Å². The number of benzene rings is 1. The largest absolute Gasteiger partial charge is 0.495 e. The van der Waals surface area contributed by atoms with Crippen molar-refractivity contribution in [1.29, 1.82) is 0 Å². The quantitative estimate of drug-likeness (QED) is 0.774. The summed E-state index contributed by atoms with van der Waals surface area (Å²) in [6, 6.07) is 2.73. The lowest BCUT2D eigenvalue weighted by Gasteiger charge is -2.15. The zero-order valence-corrected chi connectivity index (χ0v) is 12.8. The van der Waals surface area contributed by atoms with E-state index in [1.807, 2.05) is 0 Å². The molecule has 1 unspecified atom stereocenters. The molecule has 0 saturated carbocycles. The van der Waals surface area contributed by atoms with Gasteiger partial charge in [-0.1, -0.05) is 0 Å². The summed E-state index contributed by atoms with van der Waals surface area (Å²) in [6.07, 6.45) is 0.460. The molecule has 0 spiro atoms. The molecule has 0 bridgehead atoms. The van der Waals surface area contributed by atoms with Gasteiger partial charge in [0.1, 0.15) is 16.0 Å². The first-order chi connectivity index (χ1) is 9.06. The van der Waals surface area contributed by atoms with Crippen LogP contribution in [0, 0.1) is 0 Å². The van der Waals surface area contributed by atoms with Gasteiger partial charge in [-0.3, -0.25) is 4.79 Å². The van der Waals surface area contributed by atoms with E-state index in [0.717, 1.165) is 0 Å². The van der Waals surface area contributed by atoms with Gasteiger partial charge in [0.15, 0.2) is 5.78 Å². The molecular formula is C13H18BrNO4. The van der Waals surface area contributed by atoms with E-state index in [9.17, 15) is 4.79 Å². The molecule has 0 heterocycles. The molecule has 0 fully saturated rings. The van der Waals surface area contributed by atoms with Crippen molar-refractivity contribution in [3.05, 3.63) is 22.2 Å². The Hall–Kier alpha value is -1.11. The van der Waals surface area contributed by atoms with Crippen LogP contribution < -0.4 is 15.2 Å². The summed E-state index contributed by atoms with van der Waals surface area (Å²) in [4.78, 5) is 12.3. The van der Waals surface area contributed by atoms with E-state index in [2.05, 4.69) is 15.9 Å². The summed E-state index contributed by atoms with van der Waals surface area (Å²) in [5.74, 6) is 0.841. The van der Waals surface area contributed by atoms with Crippen LogP contribution in [0.1, 0.15) is 16.8 Å². The maximum Gasteiger partial charge on any atom is 0.183 e. The molecule has 1 atom stereocenters. The molecule has 0 aliphatic carbocycles. The van der Waals surface area contributed by atoms with Crippen LogP contribution in [0.2, 0.25) is 0 Å². The molecule has 5 nitrogen and oxygen atoms in total. The molecule has 2 N–H and O–H groups in total. The minimum atomic E-state index is -0.617. The van der Waals surface area contributed by atoms with E-state index in [-0.39, 0.29) is 5.78 Å². The number of carbonyl (C=O) groups is 1. The number of Topliss-reactive ketones (excluding diaryl/α,β-unsaturated/α-hetero) is 1. The van der Waals surface area contributed by atoms with Gasteiger partial charge in [-0.2, -0.15) is 0 Å². The Labute approximate surface area is 121 Å². The summed E-state index contributed by atoms with van der Waals surface area (Å²) in [5, 5.41) is 0. The smallest absolute Gasteiger partial charge is 0.183 e. The van der Waals surface area contributed by atoms with Gasteiger partial charge >= 0.3 is 0 Å². The molecule has 0 amide bonds. The lowest BCUT2D eigenvalue weighted by atomic mass is 10.0. The van der Waals surface area contributed by atoms with Crippen molar-refractivity contribution in [2.75, 3.05) is 27.9 Å². The Balaban J connectivity index is 3.06. The minimum Gasteiger partial charge on any atom is -0.495 e. The lowest BCUT2D eigenvalue weighted by Crippen LogP contribution is -2.32. The van der Waals surface area contributed by atoms with E-state index >= 15 is 0 Å². The predicted molar refractivity (Wildman–Crippen MR) is 76.0 cm³/mol. The molecule has 0 aliphatic rings. The van der Waals surface area contributed by atoms with Crippen LogP contribution in [-0.4, -0.2) is 39.8 Å². The first-order valence-corrected chi connectivity index (χ1v) is 6.55. The molecule has 1 rings (SSSR count). The monoisotopic (exact) mass is 331 g/mol. The van der Waals surface area contributed by atoms with Crippen molar-refractivity contribution in [1.82, 2.24) is 0 Å². The third kappa shape index (κ3) is 3.68. The van der Waals surface area contributed by atoms with Gasteiger partial charge in [0.25, 0.3) is 0 Å². The highest BCUT2D eigenvalue weighted by Crippen LogP contribution is 2.37. The molecular weight excluding hydrogens is 314 g/mol. The Morgan fingerprint density at radius 1 is 1.32 bits per heavy atom. The second kappa shape index (κ2) is 7.47. The fourth-order valence-electron chi connectivity index (χ4n) is 1.66. The van der Waals surface area contributed by atoms with E-state index in [4.69, 9.17) is 19.9 Å². The third-order valence-corrected chi connectivity index (χ3v) is 3.47. The van der Waals surface area contributed by atoms with E-state index in [1.54, 1.807) is 26.4 Å². The zero-order valence-electron chi connectivity index (χ0n) is 11.2. The molecule has 6 heteroatoms. The van der Waals surface area contributed by atoms with Gasteiger partial charge in [-0.25, -0.2) is 0 Å². The zero-order chi connectivity index (χ0) is 14.4. The van der Waals surface area contributed by atoms with Gasteiger partial charge in [-0.15, -0.1) is 0 Å². The second-order valence-corrected chi connectivity index (χ2v) is 4.71. The van der Waals surface area contributed by atoms with Crippen LogP contribution in [-0.2, 0) is 4.74 Å². The highest BCUT2D eigenvalue weighted by atomic mass is 79.9. The normalized spacial score (nSPS) is 12.1. The maximum absolute atomic E-state index is 12.3. The van der Waals surface area contributed by atoms with Crippen molar-refractivity contribution < 1.29 is 19.0 Å². The Morgan fingerprint density at radius 2 is 2.00 bits per heavy atom. The first-order valence-electron chi connectivity index (χ1n) is 5.76. The fraction of sp³-hybridized carbons (Fsp3) is 0.462. The molecule has 0 aromatic heterocycles. The molecule has 1 aromatic rings. The standard InChI is InChI=1S/C13H18BrNO4/c1-17-7-6-9(15)12(16)8-4-5-10(18-2)11(14)13(8)19-3/h4-5,9H,6-7,15H2,1-3H3. The van der Waals surface area contributed by atoms with Crippen LogP contribution in [0.3, 0.4) is 0 Å². The third-order valence-electron chi connectivity index (χ3n) is 2.72. The maximum atomic E-state index is 12.3.